The fraction of sp³-hybridized carbons (Fsp3) is 0.600. The quantitative estimate of drug-likeness (QED) is 0.573. The molecule has 2 heterocycles. The predicted octanol–water partition coefficient (Wildman–Crippen LogP) is -1.68. The molecule has 1 aliphatic heterocycles. The molecule has 6 nitrogen and oxygen atoms in total. The lowest BCUT2D eigenvalue weighted by Gasteiger charge is -2.28. The second-order valence-corrected chi connectivity index (χ2v) is 3.94. The van der Waals surface area contributed by atoms with Gasteiger partial charge in [-0.05, 0) is 0 Å². The molecule has 2 rings (SSSR count). The monoisotopic (exact) mass is 226 g/mol. The minimum Gasteiger partial charge on any atom is -0.477 e. The summed E-state index contributed by atoms with van der Waals surface area (Å²) in [6.07, 6.45) is 3.74. The fourth-order valence-electron chi connectivity index (χ4n) is 2.00. The number of ether oxygens (including phenoxy) is 1. The molecule has 88 valence electrons. The van der Waals surface area contributed by atoms with Gasteiger partial charge in [-0.15, -0.1) is 0 Å². The minimum atomic E-state index is -0.758. The van der Waals surface area contributed by atoms with Gasteiger partial charge >= 0.3 is 5.97 Å². The molecule has 1 aromatic heterocycles. The van der Waals surface area contributed by atoms with Crippen molar-refractivity contribution in [1.29, 1.82) is 0 Å². The van der Waals surface area contributed by atoms with Gasteiger partial charge < -0.3 is 19.7 Å². The lowest BCUT2D eigenvalue weighted by Crippen LogP contribution is -3.19. The van der Waals surface area contributed by atoms with Crippen LogP contribution >= 0.6 is 0 Å². The number of aromatic amines is 1. The molecule has 16 heavy (non-hydrogen) atoms. The molecule has 1 atom stereocenters. The van der Waals surface area contributed by atoms with E-state index in [0.29, 0.717) is 19.6 Å². The first-order valence-corrected chi connectivity index (χ1v) is 5.40. The maximum Gasteiger partial charge on any atom is 0.362 e. The Kier molecular flexibility index (Phi) is 3.53. The van der Waals surface area contributed by atoms with Gasteiger partial charge in [-0.1, -0.05) is 0 Å². The number of rotatable bonds is 4. The van der Waals surface area contributed by atoms with Gasteiger partial charge in [0.25, 0.3) is 0 Å². The number of H-pyrrole nitrogens is 1. The van der Waals surface area contributed by atoms with E-state index in [1.54, 1.807) is 12.5 Å². The molecule has 0 radical (unpaired) electrons. The maximum atomic E-state index is 11.2. The van der Waals surface area contributed by atoms with Crippen molar-refractivity contribution in [2.24, 2.45) is 0 Å². The zero-order chi connectivity index (χ0) is 11.4. The van der Waals surface area contributed by atoms with Gasteiger partial charge in [0.1, 0.15) is 13.1 Å². The van der Waals surface area contributed by atoms with E-state index in [-0.39, 0.29) is 0 Å². The first-order chi connectivity index (χ1) is 7.77. The summed E-state index contributed by atoms with van der Waals surface area (Å²) >= 11 is 0. The zero-order valence-corrected chi connectivity index (χ0v) is 8.98. The van der Waals surface area contributed by atoms with Crippen molar-refractivity contribution >= 4 is 5.97 Å². The number of carboxylic acids is 1. The molecule has 1 aliphatic rings. The fourth-order valence-corrected chi connectivity index (χ4v) is 2.00. The van der Waals surface area contributed by atoms with E-state index in [0.717, 1.165) is 23.7 Å². The van der Waals surface area contributed by atoms with Crippen molar-refractivity contribution in [3.8, 4) is 0 Å². The van der Waals surface area contributed by atoms with E-state index < -0.39 is 12.0 Å². The Hall–Kier alpha value is -1.40. The number of hydrogen-bond acceptors (Lipinski definition) is 3. The molecular formula is C10H16N3O3+. The zero-order valence-electron chi connectivity index (χ0n) is 8.98. The number of aromatic nitrogens is 2. The molecule has 6 heteroatoms. The molecule has 0 bridgehead atoms. The lowest BCUT2D eigenvalue weighted by atomic mass is 10.1. The molecule has 0 saturated carbocycles. The number of carboxylic acid groups (broad SMARTS) is 1. The molecule has 0 unspecified atom stereocenters. The first-order valence-electron chi connectivity index (χ1n) is 5.40. The van der Waals surface area contributed by atoms with Crippen molar-refractivity contribution < 1.29 is 19.5 Å². The normalized spacial score (nSPS) is 19.5. The number of imidazole rings is 1. The third kappa shape index (κ3) is 2.59. The number of aliphatic carboxylic acids is 1. The van der Waals surface area contributed by atoms with E-state index >= 15 is 0 Å². The topological polar surface area (TPSA) is 79.6 Å². The SMILES string of the molecule is O=C(O)[C@H](Cc1cnc[nH]1)[NH+]1CCOCC1. The number of carbonyl (C=O) groups is 1. The summed E-state index contributed by atoms with van der Waals surface area (Å²) in [7, 11) is 0. The van der Waals surface area contributed by atoms with Crippen LogP contribution in [0.1, 0.15) is 5.69 Å². The second-order valence-electron chi connectivity index (χ2n) is 3.94. The van der Waals surface area contributed by atoms with E-state index in [1.165, 1.54) is 0 Å². The van der Waals surface area contributed by atoms with Crippen LogP contribution in [0.3, 0.4) is 0 Å². The van der Waals surface area contributed by atoms with E-state index in [9.17, 15) is 9.90 Å². The first kappa shape index (κ1) is 11.1. The molecule has 0 spiro atoms. The molecule has 3 N–H and O–H groups in total. The summed E-state index contributed by atoms with van der Waals surface area (Å²) < 4.78 is 5.23. The highest BCUT2D eigenvalue weighted by Gasteiger charge is 2.31. The van der Waals surface area contributed by atoms with Gasteiger partial charge in [-0.3, -0.25) is 0 Å². The van der Waals surface area contributed by atoms with Crippen molar-refractivity contribution in [3.63, 3.8) is 0 Å². The van der Waals surface area contributed by atoms with Crippen LogP contribution < -0.4 is 4.90 Å². The van der Waals surface area contributed by atoms with Crippen LogP contribution in [0.5, 0.6) is 0 Å². The smallest absolute Gasteiger partial charge is 0.362 e. The van der Waals surface area contributed by atoms with Crippen LogP contribution in [0.2, 0.25) is 0 Å². The Morgan fingerprint density at radius 1 is 1.62 bits per heavy atom. The Labute approximate surface area is 93.2 Å². The number of quaternary nitrogens is 1. The third-order valence-electron chi connectivity index (χ3n) is 2.90. The highest BCUT2D eigenvalue weighted by molar-refractivity contribution is 5.72. The maximum absolute atomic E-state index is 11.2. The number of nitrogens with zero attached hydrogens (tertiary/aromatic N) is 1. The van der Waals surface area contributed by atoms with E-state index in [4.69, 9.17) is 4.74 Å². The molecule has 1 saturated heterocycles. The summed E-state index contributed by atoms with van der Waals surface area (Å²) in [6, 6.07) is -0.413. The van der Waals surface area contributed by atoms with Gasteiger partial charge in [0, 0.05) is 11.9 Å². The summed E-state index contributed by atoms with van der Waals surface area (Å²) in [6.45, 7) is 2.79. The number of hydrogen-bond donors (Lipinski definition) is 3. The highest BCUT2D eigenvalue weighted by atomic mass is 16.5. The highest BCUT2D eigenvalue weighted by Crippen LogP contribution is 1.97. The third-order valence-corrected chi connectivity index (χ3v) is 2.90. The largest absolute Gasteiger partial charge is 0.477 e. The van der Waals surface area contributed by atoms with Gasteiger partial charge in [0.05, 0.1) is 26.0 Å². The standard InChI is InChI=1S/C10H15N3O3/c14-10(15)9(5-8-6-11-7-12-8)13-1-3-16-4-2-13/h6-7,9H,1-5H2,(H,11,12)(H,14,15)/p+1/t9-/m0/s1. The van der Waals surface area contributed by atoms with Gasteiger partial charge in [-0.2, -0.15) is 0 Å². The van der Waals surface area contributed by atoms with Crippen LogP contribution in [-0.2, 0) is 16.0 Å². The minimum absolute atomic E-state index is 0.413. The lowest BCUT2D eigenvalue weighted by molar-refractivity contribution is -0.924. The van der Waals surface area contributed by atoms with Gasteiger partial charge in [-0.25, -0.2) is 9.78 Å². The van der Waals surface area contributed by atoms with Crippen molar-refractivity contribution in [3.05, 3.63) is 18.2 Å². The Morgan fingerprint density at radius 3 is 2.94 bits per heavy atom. The molecular weight excluding hydrogens is 210 g/mol. The van der Waals surface area contributed by atoms with Crippen LogP contribution in [0.25, 0.3) is 0 Å². The summed E-state index contributed by atoms with van der Waals surface area (Å²) in [5.74, 6) is -0.758. The van der Waals surface area contributed by atoms with Crippen LogP contribution in [0.15, 0.2) is 12.5 Å². The molecule has 1 aromatic rings. The van der Waals surface area contributed by atoms with Crippen molar-refractivity contribution in [2.75, 3.05) is 26.3 Å². The Morgan fingerprint density at radius 2 is 2.38 bits per heavy atom. The predicted molar refractivity (Wildman–Crippen MR) is 55.2 cm³/mol. The van der Waals surface area contributed by atoms with Crippen LogP contribution in [-0.4, -0.2) is 53.4 Å². The van der Waals surface area contributed by atoms with Crippen molar-refractivity contribution in [2.45, 2.75) is 12.5 Å². The average Bonchev–Trinajstić information content (AvgIpc) is 2.79. The van der Waals surface area contributed by atoms with Crippen LogP contribution in [0.4, 0.5) is 0 Å². The Balaban J connectivity index is 2.01. The molecule has 0 amide bonds. The van der Waals surface area contributed by atoms with E-state index in [1.807, 2.05) is 0 Å². The molecule has 0 aliphatic carbocycles. The summed E-state index contributed by atoms with van der Waals surface area (Å²) in [4.78, 5) is 19.1. The molecule has 0 aromatic carbocycles. The molecule has 1 fully saturated rings. The van der Waals surface area contributed by atoms with E-state index in [2.05, 4.69) is 9.97 Å². The van der Waals surface area contributed by atoms with Crippen LogP contribution in [0, 0.1) is 0 Å². The van der Waals surface area contributed by atoms with Crippen molar-refractivity contribution in [1.82, 2.24) is 9.97 Å². The number of morpholine rings is 1. The van der Waals surface area contributed by atoms with Gasteiger partial charge in [0.2, 0.25) is 0 Å². The Bertz CT molecular complexity index is 333. The average molecular weight is 226 g/mol. The summed E-state index contributed by atoms with van der Waals surface area (Å²) in [5.41, 5.74) is 0.867. The number of nitrogens with one attached hydrogen (secondary N) is 2. The van der Waals surface area contributed by atoms with Gasteiger partial charge in [0.15, 0.2) is 6.04 Å². The summed E-state index contributed by atoms with van der Waals surface area (Å²) in [5, 5.41) is 9.23. The second kappa shape index (κ2) is 5.09.